The molecule has 0 aliphatic heterocycles. The molecule has 0 radical (unpaired) electrons. The maximum Gasteiger partial charge on any atom is 0.138 e. The largest absolute Gasteiger partial charge is 0.508 e. The van der Waals surface area contributed by atoms with E-state index in [-0.39, 0.29) is 0 Å². The molecule has 0 atom stereocenters. The highest BCUT2D eigenvalue weighted by molar-refractivity contribution is 9.10. The third-order valence-corrected chi connectivity index (χ3v) is 3.26. The van der Waals surface area contributed by atoms with Crippen molar-refractivity contribution in [2.24, 2.45) is 0 Å². The van der Waals surface area contributed by atoms with E-state index in [1.807, 2.05) is 41.1 Å². The van der Waals surface area contributed by atoms with E-state index in [0.29, 0.717) is 12.2 Å². The van der Waals surface area contributed by atoms with E-state index >= 15 is 0 Å². The maximum absolute atomic E-state index is 9.44. The van der Waals surface area contributed by atoms with Gasteiger partial charge in [0, 0.05) is 23.3 Å². The number of imidazole rings is 1. The number of phenols is 1. The monoisotopic (exact) mass is 302 g/mol. The number of rotatable bonds is 2. The Hall–Kier alpha value is -1.81. The van der Waals surface area contributed by atoms with Gasteiger partial charge in [-0.05, 0) is 29.8 Å². The van der Waals surface area contributed by atoms with Crippen LogP contribution in [-0.2, 0) is 6.42 Å². The third-order valence-electron chi connectivity index (χ3n) is 2.77. The molecule has 0 unspecified atom stereocenters. The molecule has 2 aromatic heterocycles. The summed E-state index contributed by atoms with van der Waals surface area (Å²) in [6, 6.07) is 11.2. The fourth-order valence-electron chi connectivity index (χ4n) is 1.97. The van der Waals surface area contributed by atoms with Gasteiger partial charge in [0.25, 0.3) is 0 Å². The Morgan fingerprint density at radius 1 is 1.22 bits per heavy atom. The molecule has 3 nitrogen and oxygen atoms in total. The number of nitrogens with zero attached hydrogens (tertiary/aromatic N) is 2. The molecule has 90 valence electrons. The van der Waals surface area contributed by atoms with E-state index in [1.54, 1.807) is 12.1 Å². The maximum atomic E-state index is 9.44. The van der Waals surface area contributed by atoms with Crippen molar-refractivity contribution in [1.29, 1.82) is 0 Å². The van der Waals surface area contributed by atoms with Gasteiger partial charge in [-0.25, -0.2) is 4.98 Å². The first-order valence-corrected chi connectivity index (χ1v) is 6.41. The number of hydrogen-bond acceptors (Lipinski definition) is 2. The highest BCUT2D eigenvalue weighted by atomic mass is 79.9. The average molecular weight is 303 g/mol. The van der Waals surface area contributed by atoms with Crippen LogP contribution in [0.25, 0.3) is 5.65 Å². The Labute approximate surface area is 113 Å². The molecule has 3 rings (SSSR count). The predicted molar refractivity (Wildman–Crippen MR) is 73.8 cm³/mol. The van der Waals surface area contributed by atoms with Crippen molar-refractivity contribution in [3.63, 3.8) is 0 Å². The van der Waals surface area contributed by atoms with Gasteiger partial charge in [0.2, 0.25) is 0 Å². The predicted octanol–water partition coefficient (Wildman–Crippen LogP) is 3.39. The van der Waals surface area contributed by atoms with Gasteiger partial charge in [-0.3, -0.25) is 0 Å². The van der Waals surface area contributed by atoms with Crippen LogP contribution >= 0.6 is 15.9 Å². The zero-order valence-electron chi connectivity index (χ0n) is 9.55. The first-order chi connectivity index (χ1) is 8.70. The van der Waals surface area contributed by atoms with Gasteiger partial charge < -0.3 is 9.51 Å². The number of hydrogen-bond donors (Lipinski definition) is 1. The van der Waals surface area contributed by atoms with Crippen molar-refractivity contribution in [3.8, 4) is 5.75 Å². The Morgan fingerprint density at radius 2 is 2.11 bits per heavy atom. The van der Waals surface area contributed by atoms with Crippen molar-refractivity contribution >= 4 is 21.6 Å². The minimum atomic E-state index is 0.291. The van der Waals surface area contributed by atoms with Crippen LogP contribution in [-0.4, -0.2) is 14.5 Å². The number of aromatic nitrogens is 2. The summed E-state index contributed by atoms with van der Waals surface area (Å²) in [6.07, 6.45) is 4.69. The molecule has 0 aliphatic rings. The van der Waals surface area contributed by atoms with E-state index in [4.69, 9.17) is 0 Å². The molecule has 0 amide bonds. The number of benzene rings is 1. The second kappa shape index (κ2) is 4.46. The third kappa shape index (κ3) is 2.24. The molecule has 0 spiro atoms. The van der Waals surface area contributed by atoms with Gasteiger partial charge in [-0.2, -0.15) is 0 Å². The Balaban J connectivity index is 1.95. The summed E-state index contributed by atoms with van der Waals surface area (Å²) < 4.78 is 3.01. The molecule has 2 heterocycles. The fraction of sp³-hybridized carbons (Fsp3) is 0.0714. The van der Waals surface area contributed by atoms with E-state index in [1.165, 1.54) is 0 Å². The molecule has 3 aromatic rings. The van der Waals surface area contributed by atoms with E-state index in [2.05, 4.69) is 20.9 Å². The lowest BCUT2D eigenvalue weighted by Gasteiger charge is -1.98. The molecule has 1 aromatic carbocycles. The number of pyridine rings is 1. The number of fused-ring (bicyclic) bond motifs is 1. The van der Waals surface area contributed by atoms with Gasteiger partial charge >= 0.3 is 0 Å². The zero-order valence-corrected chi connectivity index (χ0v) is 11.1. The van der Waals surface area contributed by atoms with Crippen LogP contribution in [0, 0.1) is 0 Å². The molecule has 18 heavy (non-hydrogen) atoms. The van der Waals surface area contributed by atoms with Crippen LogP contribution in [0.2, 0.25) is 0 Å². The fourth-order valence-corrected chi connectivity index (χ4v) is 2.29. The van der Waals surface area contributed by atoms with Crippen LogP contribution in [0.1, 0.15) is 11.3 Å². The van der Waals surface area contributed by atoms with Crippen molar-refractivity contribution < 1.29 is 5.11 Å². The van der Waals surface area contributed by atoms with Gasteiger partial charge in [-0.15, -0.1) is 0 Å². The summed E-state index contributed by atoms with van der Waals surface area (Å²) in [7, 11) is 0. The van der Waals surface area contributed by atoms with Crippen LogP contribution in [0.15, 0.2) is 53.3 Å². The smallest absolute Gasteiger partial charge is 0.138 e. The standard InChI is InChI=1S/C14H11BrN2O/c15-11-4-5-17-9-12(16-14(17)8-11)6-10-2-1-3-13(18)7-10/h1-5,7-9,18H,6H2. The number of halogens is 1. The molecule has 0 saturated carbocycles. The Kier molecular flexibility index (Phi) is 2.80. The van der Waals surface area contributed by atoms with Crippen molar-refractivity contribution in [3.05, 3.63) is 64.5 Å². The molecule has 0 fully saturated rings. The zero-order chi connectivity index (χ0) is 12.5. The van der Waals surface area contributed by atoms with Crippen LogP contribution in [0.3, 0.4) is 0 Å². The number of aromatic hydroxyl groups is 1. The highest BCUT2D eigenvalue weighted by Crippen LogP contribution is 2.17. The number of phenolic OH excluding ortho intramolecular Hbond substituents is 1. The van der Waals surface area contributed by atoms with E-state index in [9.17, 15) is 5.11 Å². The SMILES string of the molecule is Oc1cccc(Cc2cn3ccc(Br)cc3n2)c1. The lowest BCUT2D eigenvalue weighted by atomic mass is 10.1. The van der Waals surface area contributed by atoms with Crippen LogP contribution in [0.4, 0.5) is 0 Å². The van der Waals surface area contributed by atoms with Gasteiger partial charge in [-0.1, -0.05) is 28.1 Å². The van der Waals surface area contributed by atoms with E-state index in [0.717, 1.165) is 21.4 Å². The summed E-state index contributed by atoms with van der Waals surface area (Å²) in [4.78, 5) is 4.55. The first kappa shape index (κ1) is 11.3. The quantitative estimate of drug-likeness (QED) is 0.788. The van der Waals surface area contributed by atoms with Gasteiger partial charge in [0.05, 0.1) is 5.69 Å². The minimum absolute atomic E-state index is 0.291. The Bertz CT molecular complexity index is 706. The van der Waals surface area contributed by atoms with E-state index < -0.39 is 0 Å². The van der Waals surface area contributed by atoms with Crippen molar-refractivity contribution in [2.75, 3.05) is 0 Å². The normalized spacial score (nSPS) is 10.9. The second-order valence-electron chi connectivity index (χ2n) is 4.19. The topological polar surface area (TPSA) is 37.5 Å². The highest BCUT2D eigenvalue weighted by Gasteiger charge is 2.03. The summed E-state index contributed by atoms with van der Waals surface area (Å²) in [5, 5.41) is 9.44. The summed E-state index contributed by atoms with van der Waals surface area (Å²) >= 11 is 3.43. The summed E-state index contributed by atoms with van der Waals surface area (Å²) in [5.74, 6) is 0.291. The molecule has 0 saturated heterocycles. The minimum Gasteiger partial charge on any atom is -0.508 e. The lowest BCUT2D eigenvalue weighted by Crippen LogP contribution is -1.87. The van der Waals surface area contributed by atoms with Gasteiger partial charge in [0.1, 0.15) is 11.4 Å². The Morgan fingerprint density at radius 3 is 2.94 bits per heavy atom. The second-order valence-corrected chi connectivity index (χ2v) is 5.11. The molecule has 0 bridgehead atoms. The summed E-state index contributed by atoms with van der Waals surface area (Å²) in [6.45, 7) is 0. The van der Waals surface area contributed by atoms with Crippen LogP contribution in [0.5, 0.6) is 5.75 Å². The molecule has 4 heteroatoms. The lowest BCUT2D eigenvalue weighted by molar-refractivity contribution is 0.474. The molecule has 0 aliphatic carbocycles. The van der Waals surface area contributed by atoms with Crippen molar-refractivity contribution in [2.45, 2.75) is 6.42 Å². The van der Waals surface area contributed by atoms with Crippen molar-refractivity contribution in [1.82, 2.24) is 9.38 Å². The first-order valence-electron chi connectivity index (χ1n) is 5.62. The molecular weight excluding hydrogens is 292 g/mol. The van der Waals surface area contributed by atoms with Gasteiger partial charge in [0.15, 0.2) is 0 Å². The molecule has 1 N–H and O–H groups in total. The molecular formula is C14H11BrN2O. The van der Waals surface area contributed by atoms with Crippen LogP contribution < -0.4 is 0 Å². The summed E-state index contributed by atoms with van der Waals surface area (Å²) in [5.41, 5.74) is 2.95. The average Bonchev–Trinajstić information content (AvgIpc) is 2.70.